The van der Waals surface area contributed by atoms with Gasteiger partial charge in [-0.3, -0.25) is 4.79 Å². The van der Waals surface area contributed by atoms with E-state index in [4.69, 9.17) is 5.11 Å². The number of halogens is 1. The quantitative estimate of drug-likeness (QED) is 0.840. The first-order chi connectivity index (χ1) is 7.59. The molecule has 0 aromatic heterocycles. The fraction of sp³-hybridized carbons (Fsp3) is 0.154. The molecule has 0 radical (unpaired) electrons. The average Bonchev–Trinajstić information content (AvgIpc) is 2.26. The number of aliphatic carboxylic acids is 1. The van der Waals surface area contributed by atoms with Crippen LogP contribution in [-0.4, -0.2) is 11.1 Å². The molecule has 0 amide bonds. The monoisotopic (exact) mass is 218 g/mol. The normalized spacial score (nSPS) is 12.6. The molecule has 16 heavy (non-hydrogen) atoms. The maximum atomic E-state index is 13.0. The van der Waals surface area contributed by atoms with E-state index in [9.17, 15) is 9.18 Å². The molecule has 0 fully saturated rings. The van der Waals surface area contributed by atoms with Gasteiger partial charge in [0.05, 0.1) is 5.92 Å². The summed E-state index contributed by atoms with van der Waals surface area (Å²) in [7, 11) is 0. The predicted octanol–water partition coefficient (Wildman–Crippen LogP) is 3.17. The molecule has 2 nitrogen and oxygen atoms in total. The van der Waals surface area contributed by atoms with Crippen molar-refractivity contribution >= 4 is 16.7 Å². The molecule has 1 N–H and O–H groups in total. The van der Waals surface area contributed by atoms with Crippen LogP contribution in [0.2, 0.25) is 0 Å². The van der Waals surface area contributed by atoms with Gasteiger partial charge in [0.25, 0.3) is 0 Å². The maximum Gasteiger partial charge on any atom is 0.310 e. The molecule has 82 valence electrons. The molecule has 0 heterocycles. The summed E-state index contributed by atoms with van der Waals surface area (Å²) in [6, 6.07) is 9.67. The van der Waals surface area contributed by atoms with E-state index < -0.39 is 11.9 Å². The number of hydrogen-bond acceptors (Lipinski definition) is 1. The van der Waals surface area contributed by atoms with Crippen LogP contribution < -0.4 is 0 Å². The zero-order chi connectivity index (χ0) is 11.7. The predicted molar refractivity (Wildman–Crippen MR) is 60.0 cm³/mol. The second-order valence-electron chi connectivity index (χ2n) is 3.77. The summed E-state index contributed by atoms with van der Waals surface area (Å²) in [5.41, 5.74) is 0.713. The van der Waals surface area contributed by atoms with Gasteiger partial charge in [0.1, 0.15) is 5.82 Å². The molecular weight excluding hydrogens is 207 g/mol. The van der Waals surface area contributed by atoms with Crippen molar-refractivity contribution in [2.45, 2.75) is 12.8 Å². The lowest BCUT2D eigenvalue weighted by atomic mass is 9.95. The van der Waals surface area contributed by atoms with Crippen molar-refractivity contribution in [2.24, 2.45) is 0 Å². The van der Waals surface area contributed by atoms with Crippen LogP contribution in [0, 0.1) is 5.82 Å². The van der Waals surface area contributed by atoms with Crippen molar-refractivity contribution in [2.75, 3.05) is 0 Å². The molecule has 0 bridgehead atoms. The summed E-state index contributed by atoms with van der Waals surface area (Å²) in [6.07, 6.45) is 0. The lowest BCUT2D eigenvalue weighted by Gasteiger charge is -2.10. The van der Waals surface area contributed by atoms with Crippen LogP contribution in [0.25, 0.3) is 10.8 Å². The average molecular weight is 218 g/mol. The van der Waals surface area contributed by atoms with Crippen molar-refractivity contribution in [3.8, 4) is 0 Å². The Morgan fingerprint density at radius 2 is 2.06 bits per heavy atom. The molecule has 1 unspecified atom stereocenters. The van der Waals surface area contributed by atoms with E-state index in [2.05, 4.69) is 0 Å². The van der Waals surface area contributed by atoms with Crippen LogP contribution in [0.3, 0.4) is 0 Å². The second kappa shape index (κ2) is 3.93. The topological polar surface area (TPSA) is 37.3 Å². The van der Waals surface area contributed by atoms with Gasteiger partial charge in [-0.05, 0) is 35.4 Å². The highest BCUT2D eigenvalue weighted by Gasteiger charge is 2.15. The molecule has 0 aliphatic carbocycles. The fourth-order valence-corrected chi connectivity index (χ4v) is 1.79. The van der Waals surface area contributed by atoms with Crippen LogP contribution >= 0.6 is 0 Å². The van der Waals surface area contributed by atoms with E-state index in [1.807, 2.05) is 0 Å². The van der Waals surface area contributed by atoms with Crippen LogP contribution in [0.4, 0.5) is 4.39 Å². The summed E-state index contributed by atoms with van der Waals surface area (Å²) >= 11 is 0. The van der Waals surface area contributed by atoms with E-state index in [0.29, 0.717) is 5.56 Å². The Morgan fingerprint density at radius 1 is 1.31 bits per heavy atom. The third kappa shape index (κ3) is 1.76. The van der Waals surface area contributed by atoms with E-state index in [-0.39, 0.29) is 5.82 Å². The van der Waals surface area contributed by atoms with E-state index >= 15 is 0 Å². The number of carbonyl (C=O) groups is 1. The molecular formula is C13H11FO2. The molecule has 0 aliphatic heterocycles. The zero-order valence-corrected chi connectivity index (χ0v) is 8.77. The standard InChI is InChI=1S/C13H11FO2/c1-8(13(15)16)11-4-2-3-9-7-10(14)5-6-12(9)11/h2-8H,1H3,(H,15,16). The Labute approximate surface area is 92.3 Å². The van der Waals surface area contributed by atoms with Gasteiger partial charge in [-0.25, -0.2) is 4.39 Å². The molecule has 0 saturated heterocycles. The lowest BCUT2D eigenvalue weighted by Crippen LogP contribution is -2.07. The van der Waals surface area contributed by atoms with Crippen molar-refractivity contribution < 1.29 is 14.3 Å². The smallest absolute Gasteiger partial charge is 0.310 e. The minimum absolute atomic E-state index is 0.312. The first-order valence-electron chi connectivity index (χ1n) is 5.00. The molecule has 0 saturated carbocycles. The fourth-order valence-electron chi connectivity index (χ4n) is 1.79. The molecule has 3 heteroatoms. The second-order valence-corrected chi connectivity index (χ2v) is 3.77. The summed E-state index contributed by atoms with van der Waals surface area (Å²) in [6.45, 7) is 1.63. The van der Waals surface area contributed by atoms with Crippen molar-refractivity contribution in [3.63, 3.8) is 0 Å². The Hall–Kier alpha value is -1.90. The van der Waals surface area contributed by atoms with Crippen LogP contribution in [0.5, 0.6) is 0 Å². The van der Waals surface area contributed by atoms with Crippen LogP contribution in [0.15, 0.2) is 36.4 Å². The summed E-state index contributed by atoms with van der Waals surface area (Å²) in [5, 5.41) is 10.5. The molecule has 2 aromatic rings. The van der Waals surface area contributed by atoms with E-state index in [1.54, 1.807) is 31.2 Å². The third-order valence-electron chi connectivity index (χ3n) is 2.71. The summed E-state index contributed by atoms with van der Waals surface area (Å²) < 4.78 is 13.0. The Balaban J connectivity index is 2.66. The highest BCUT2D eigenvalue weighted by Crippen LogP contribution is 2.26. The van der Waals surface area contributed by atoms with Gasteiger partial charge >= 0.3 is 5.97 Å². The lowest BCUT2D eigenvalue weighted by molar-refractivity contribution is -0.138. The third-order valence-corrected chi connectivity index (χ3v) is 2.71. The van der Waals surface area contributed by atoms with Gasteiger partial charge in [0.2, 0.25) is 0 Å². The minimum Gasteiger partial charge on any atom is -0.481 e. The van der Waals surface area contributed by atoms with Crippen LogP contribution in [0.1, 0.15) is 18.4 Å². The number of fused-ring (bicyclic) bond motifs is 1. The zero-order valence-electron chi connectivity index (χ0n) is 8.77. The van der Waals surface area contributed by atoms with Gasteiger partial charge in [0.15, 0.2) is 0 Å². The number of carboxylic acids is 1. The molecule has 0 spiro atoms. The number of benzene rings is 2. The highest BCUT2D eigenvalue weighted by molar-refractivity contribution is 5.90. The number of carboxylic acid groups (broad SMARTS) is 1. The van der Waals surface area contributed by atoms with Crippen LogP contribution in [-0.2, 0) is 4.79 Å². The van der Waals surface area contributed by atoms with Gasteiger partial charge in [-0.1, -0.05) is 24.3 Å². The Kier molecular flexibility index (Phi) is 2.60. The van der Waals surface area contributed by atoms with Gasteiger partial charge < -0.3 is 5.11 Å². The summed E-state index contributed by atoms with van der Waals surface area (Å²) in [4.78, 5) is 10.9. The number of hydrogen-bond donors (Lipinski definition) is 1. The maximum absolute atomic E-state index is 13.0. The van der Waals surface area contributed by atoms with Gasteiger partial charge in [-0.2, -0.15) is 0 Å². The molecule has 2 rings (SSSR count). The largest absolute Gasteiger partial charge is 0.481 e. The SMILES string of the molecule is CC(C(=O)O)c1cccc2cc(F)ccc12. The van der Waals surface area contributed by atoms with Gasteiger partial charge in [0, 0.05) is 0 Å². The first-order valence-corrected chi connectivity index (χ1v) is 5.00. The Morgan fingerprint density at radius 3 is 2.75 bits per heavy atom. The van der Waals surface area contributed by atoms with Crippen molar-refractivity contribution in [3.05, 3.63) is 47.8 Å². The molecule has 2 aromatic carbocycles. The number of rotatable bonds is 2. The van der Waals surface area contributed by atoms with Crippen molar-refractivity contribution in [1.82, 2.24) is 0 Å². The van der Waals surface area contributed by atoms with E-state index in [1.165, 1.54) is 12.1 Å². The van der Waals surface area contributed by atoms with Gasteiger partial charge in [-0.15, -0.1) is 0 Å². The van der Waals surface area contributed by atoms with E-state index in [0.717, 1.165) is 10.8 Å². The summed E-state index contributed by atoms with van der Waals surface area (Å²) in [5.74, 6) is -1.78. The van der Waals surface area contributed by atoms with Crippen molar-refractivity contribution in [1.29, 1.82) is 0 Å². The first kappa shape index (κ1) is 10.6. The molecule has 1 atom stereocenters. The Bertz CT molecular complexity index is 549. The highest BCUT2D eigenvalue weighted by atomic mass is 19.1. The minimum atomic E-state index is -0.878. The molecule has 0 aliphatic rings.